The molecule has 5 nitrogen and oxygen atoms in total. The van der Waals surface area contributed by atoms with Gasteiger partial charge in [0.1, 0.15) is 12.6 Å². The van der Waals surface area contributed by atoms with E-state index in [1.54, 1.807) is 0 Å². The Kier molecular flexibility index (Phi) is 5.32. The Morgan fingerprint density at radius 3 is 2.44 bits per heavy atom. The molecule has 0 spiro atoms. The van der Waals surface area contributed by atoms with E-state index in [1.807, 2.05) is 31.2 Å². The number of ether oxygens (including phenoxy) is 1. The van der Waals surface area contributed by atoms with Crippen molar-refractivity contribution in [2.75, 3.05) is 13.7 Å². The van der Waals surface area contributed by atoms with Crippen molar-refractivity contribution in [1.82, 2.24) is 5.32 Å². The Labute approximate surface area is 106 Å². The minimum absolute atomic E-state index is 0.0856. The van der Waals surface area contributed by atoms with Crippen molar-refractivity contribution in [3.63, 3.8) is 0 Å². The second kappa shape index (κ2) is 6.76. The third kappa shape index (κ3) is 4.55. The fourth-order valence-electron chi connectivity index (χ4n) is 1.55. The van der Waals surface area contributed by atoms with Crippen molar-refractivity contribution in [2.45, 2.75) is 19.4 Å². The Bertz CT molecular complexity index is 415. The van der Waals surface area contributed by atoms with Crippen LogP contribution < -0.4 is 11.1 Å². The monoisotopic (exact) mass is 250 g/mol. The van der Waals surface area contributed by atoms with Gasteiger partial charge in [-0.3, -0.25) is 9.59 Å². The lowest BCUT2D eigenvalue weighted by atomic mass is 10.0. The van der Waals surface area contributed by atoms with E-state index in [-0.39, 0.29) is 12.5 Å². The number of benzene rings is 1. The van der Waals surface area contributed by atoms with Crippen molar-refractivity contribution in [2.24, 2.45) is 5.73 Å². The third-order valence-electron chi connectivity index (χ3n) is 2.51. The molecule has 1 aromatic rings. The van der Waals surface area contributed by atoms with E-state index < -0.39 is 11.9 Å². The van der Waals surface area contributed by atoms with Crippen LogP contribution in [0.2, 0.25) is 0 Å². The van der Waals surface area contributed by atoms with Crippen molar-refractivity contribution < 1.29 is 14.3 Å². The van der Waals surface area contributed by atoms with Crippen LogP contribution in [0, 0.1) is 6.92 Å². The summed E-state index contributed by atoms with van der Waals surface area (Å²) in [5, 5.41) is 2.54. The predicted molar refractivity (Wildman–Crippen MR) is 67.9 cm³/mol. The lowest BCUT2D eigenvalue weighted by Crippen LogP contribution is -2.46. The molecule has 0 heterocycles. The highest BCUT2D eigenvalue weighted by atomic mass is 16.5. The van der Waals surface area contributed by atoms with Gasteiger partial charge in [0.15, 0.2) is 0 Å². The molecule has 0 fully saturated rings. The smallest absolute Gasteiger partial charge is 0.246 e. The molecule has 0 aromatic heterocycles. The SMILES string of the molecule is COCC(=O)N[C@H](Cc1ccc(C)cc1)C(N)=O. The van der Waals surface area contributed by atoms with Gasteiger partial charge >= 0.3 is 0 Å². The van der Waals surface area contributed by atoms with Gasteiger partial charge in [-0.15, -0.1) is 0 Å². The minimum atomic E-state index is -0.713. The van der Waals surface area contributed by atoms with Crippen molar-refractivity contribution >= 4 is 11.8 Å². The van der Waals surface area contributed by atoms with Crippen LogP contribution in [0.25, 0.3) is 0 Å². The van der Waals surface area contributed by atoms with E-state index in [2.05, 4.69) is 10.1 Å². The summed E-state index contributed by atoms with van der Waals surface area (Å²) in [5.41, 5.74) is 7.35. The minimum Gasteiger partial charge on any atom is -0.375 e. The summed E-state index contributed by atoms with van der Waals surface area (Å²) in [6.07, 6.45) is 0.380. The first kappa shape index (κ1) is 14.2. The summed E-state index contributed by atoms with van der Waals surface area (Å²) in [6.45, 7) is 1.90. The lowest BCUT2D eigenvalue weighted by Gasteiger charge is -2.15. The number of nitrogens with one attached hydrogen (secondary N) is 1. The van der Waals surface area contributed by atoms with Crippen LogP contribution in [-0.4, -0.2) is 31.6 Å². The Morgan fingerprint density at radius 1 is 1.33 bits per heavy atom. The zero-order chi connectivity index (χ0) is 13.5. The molecule has 0 aliphatic carbocycles. The molecular formula is C13H18N2O3. The first-order valence-corrected chi connectivity index (χ1v) is 5.66. The number of aryl methyl sites for hydroxylation is 1. The highest BCUT2D eigenvalue weighted by Gasteiger charge is 2.18. The quantitative estimate of drug-likeness (QED) is 0.754. The fraction of sp³-hybridized carbons (Fsp3) is 0.385. The molecule has 98 valence electrons. The number of hydrogen-bond acceptors (Lipinski definition) is 3. The summed E-state index contributed by atoms with van der Waals surface area (Å²) in [5.74, 6) is -0.909. The van der Waals surface area contributed by atoms with Crippen molar-refractivity contribution in [3.8, 4) is 0 Å². The van der Waals surface area contributed by atoms with Crippen LogP contribution in [0.4, 0.5) is 0 Å². The van der Waals surface area contributed by atoms with E-state index in [1.165, 1.54) is 7.11 Å². The van der Waals surface area contributed by atoms with Gasteiger partial charge in [-0.1, -0.05) is 29.8 Å². The van der Waals surface area contributed by atoms with Crippen LogP contribution in [0.15, 0.2) is 24.3 Å². The number of methoxy groups -OCH3 is 1. The molecule has 2 amide bonds. The molecule has 3 N–H and O–H groups in total. The third-order valence-corrected chi connectivity index (χ3v) is 2.51. The molecule has 0 radical (unpaired) electrons. The molecule has 0 bridgehead atoms. The van der Waals surface area contributed by atoms with Crippen LogP contribution in [0.3, 0.4) is 0 Å². The van der Waals surface area contributed by atoms with Crippen LogP contribution in [0.5, 0.6) is 0 Å². The number of amides is 2. The first-order valence-electron chi connectivity index (χ1n) is 5.66. The standard InChI is InChI=1S/C13H18N2O3/c1-9-3-5-10(6-4-9)7-11(13(14)17)15-12(16)8-18-2/h3-6,11H,7-8H2,1-2H3,(H2,14,17)(H,15,16)/t11-/m1/s1. The van der Waals surface area contributed by atoms with Crippen LogP contribution >= 0.6 is 0 Å². The highest BCUT2D eigenvalue weighted by molar-refractivity contribution is 5.87. The highest BCUT2D eigenvalue weighted by Crippen LogP contribution is 2.06. The number of carbonyl (C=O) groups excluding carboxylic acids is 2. The second-order valence-electron chi connectivity index (χ2n) is 4.15. The summed E-state index contributed by atoms with van der Waals surface area (Å²) in [4.78, 5) is 22.6. The number of nitrogens with two attached hydrogens (primary N) is 1. The molecule has 5 heteroatoms. The van der Waals surface area contributed by atoms with Gasteiger partial charge in [0, 0.05) is 13.5 Å². The van der Waals surface area contributed by atoms with Gasteiger partial charge in [0.05, 0.1) is 0 Å². The predicted octanol–water partition coefficient (Wildman–Crippen LogP) is 0.154. The maximum atomic E-state index is 11.4. The maximum Gasteiger partial charge on any atom is 0.246 e. The number of primary amides is 1. The molecule has 0 unspecified atom stereocenters. The summed E-state index contributed by atoms with van der Waals surface area (Å²) in [7, 11) is 1.42. The van der Waals surface area contributed by atoms with E-state index in [9.17, 15) is 9.59 Å². The molecule has 0 aliphatic rings. The Hall–Kier alpha value is -1.88. The fourth-order valence-corrected chi connectivity index (χ4v) is 1.55. The molecule has 0 aliphatic heterocycles. The largest absolute Gasteiger partial charge is 0.375 e. The zero-order valence-electron chi connectivity index (χ0n) is 10.6. The summed E-state index contributed by atoms with van der Waals surface area (Å²) in [6, 6.07) is 7.01. The van der Waals surface area contributed by atoms with Crippen LogP contribution in [-0.2, 0) is 20.7 Å². The van der Waals surface area contributed by atoms with Crippen molar-refractivity contribution in [3.05, 3.63) is 35.4 Å². The van der Waals surface area contributed by atoms with E-state index in [0.717, 1.165) is 11.1 Å². The average molecular weight is 250 g/mol. The van der Waals surface area contributed by atoms with Gasteiger partial charge in [-0.25, -0.2) is 0 Å². The molecule has 0 saturated heterocycles. The first-order chi connectivity index (χ1) is 8.52. The topological polar surface area (TPSA) is 81.4 Å². The van der Waals surface area contributed by atoms with Gasteiger partial charge in [-0.2, -0.15) is 0 Å². The molecule has 1 aromatic carbocycles. The number of rotatable bonds is 6. The normalized spacial score (nSPS) is 11.9. The molecule has 1 atom stereocenters. The van der Waals surface area contributed by atoms with Gasteiger partial charge < -0.3 is 15.8 Å². The number of hydrogen-bond donors (Lipinski definition) is 2. The van der Waals surface area contributed by atoms with E-state index in [4.69, 9.17) is 5.73 Å². The maximum absolute atomic E-state index is 11.4. The molecule has 1 rings (SSSR count). The summed E-state index contributed by atoms with van der Waals surface area (Å²) >= 11 is 0. The Balaban J connectivity index is 2.65. The van der Waals surface area contributed by atoms with Gasteiger partial charge in [0.25, 0.3) is 0 Å². The lowest BCUT2D eigenvalue weighted by molar-refractivity contribution is -0.129. The Morgan fingerprint density at radius 2 is 1.94 bits per heavy atom. The van der Waals surface area contributed by atoms with Gasteiger partial charge in [0.2, 0.25) is 11.8 Å². The van der Waals surface area contributed by atoms with Crippen molar-refractivity contribution in [1.29, 1.82) is 0 Å². The van der Waals surface area contributed by atoms with E-state index in [0.29, 0.717) is 6.42 Å². The van der Waals surface area contributed by atoms with Crippen LogP contribution in [0.1, 0.15) is 11.1 Å². The van der Waals surface area contributed by atoms with E-state index >= 15 is 0 Å². The number of carbonyl (C=O) groups is 2. The average Bonchev–Trinajstić information content (AvgIpc) is 2.31. The molecular weight excluding hydrogens is 232 g/mol. The zero-order valence-corrected chi connectivity index (χ0v) is 10.6. The summed E-state index contributed by atoms with van der Waals surface area (Å²) < 4.78 is 4.69. The molecule has 18 heavy (non-hydrogen) atoms. The molecule has 0 saturated carbocycles. The second-order valence-corrected chi connectivity index (χ2v) is 4.15. The van der Waals surface area contributed by atoms with Gasteiger partial charge in [-0.05, 0) is 12.5 Å².